The van der Waals surface area contributed by atoms with Gasteiger partial charge in [-0.15, -0.1) is 0 Å². The molecule has 94 valence electrons. The summed E-state index contributed by atoms with van der Waals surface area (Å²) in [6.07, 6.45) is 3.65. The van der Waals surface area contributed by atoms with Crippen molar-refractivity contribution >= 4 is 11.6 Å². The maximum absolute atomic E-state index is 11.0. The third-order valence-corrected chi connectivity index (χ3v) is 2.76. The van der Waals surface area contributed by atoms with Crippen LogP contribution in [0.5, 0.6) is 0 Å². The van der Waals surface area contributed by atoms with Crippen LogP contribution in [0.2, 0.25) is 0 Å². The molecule has 17 heavy (non-hydrogen) atoms. The van der Waals surface area contributed by atoms with E-state index in [0.29, 0.717) is 12.5 Å². The number of nitrogens with zero attached hydrogens (tertiary/aromatic N) is 1. The Balaban J connectivity index is 2.56. The van der Waals surface area contributed by atoms with E-state index < -0.39 is 5.91 Å². The molecule has 0 fully saturated rings. The Morgan fingerprint density at radius 1 is 1.59 bits per heavy atom. The number of rotatable bonds is 7. The van der Waals surface area contributed by atoms with Gasteiger partial charge in [-0.25, -0.2) is 0 Å². The number of primary amides is 1. The SMILES string of the molecule is CCC(CCN)CNc1ccnc(C(N)=O)c1. The summed E-state index contributed by atoms with van der Waals surface area (Å²) in [6.45, 7) is 3.68. The molecule has 5 heteroatoms. The minimum atomic E-state index is -0.511. The average molecular weight is 236 g/mol. The monoisotopic (exact) mass is 236 g/mol. The molecule has 5 nitrogen and oxygen atoms in total. The van der Waals surface area contributed by atoms with Gasteiger partial charge < -0.3 is 16.8 Å². The molecular formula is C12H20N4O. The molecule has 0 radical (unpaired) electrons. The van der Waals surface area contributed by atoms with Crippen molar-refractivity contribution in [2.45, 2.75) is 19.8 Å². The zero-order chi connectivity index (χ0) is 12.7. The topological polar surface area (TPSA) is 94.0 Å². The first-order chi connectivity index (χ1) is 8.17. The van der Waals surface area contributed by atoms with Gasteiger partial charge in [0.1, 0.15) is 5.69 Å². The third-order valence-electron chi connectivity index (χ3n) is 2.76. The summed E-state index contributed by atoms with van der Waals surface area (Å²) in [7, 11) is 0. The molecule has 1 aromatic rings. The normalized spacial score (nSPS) is 12.1. The van der Waals surface area contributed by atoms with Gasteiger partial charge in [-0.1, -0.05) is 13.3 Å². The Morgan fingerprint density at radius 2 is 2.35 bits per heavy atom. The molecule has 1 amide bonds. The van der Waals surface area contributed by atoms with Crippen molar-refractivity contribution in [2.24, 2.45) is 17.4 Å². The van der Waals surface area contributed by atoms with Gasteiger partial charge in [0.15, 0.2) is 0 Å². The number of amides is 1. The van der Waals surface area contributed by atoms with Crippen molar-refractivity contribution in [1.29, 1.82) is 0 Å². The molecule has 0 saturated carbocycles. The number of nitrogens with two attached hydrogens (primary N) is 2. The molecule has 0 bridgehead atoms. The van der Waals surface area contributed by atoms with Crippen LogP contribution in [-0.2, 0) is 0 Å². The quantitative estimate of drug-likeness (QED) is 0.657. The molecule has 0 spiro atoms. The number of hydrogen-bond donors (Lipinski definition) is 3. The summed E-state index contributed by atoms with van der Waals surface area (Å²) in [5, 5.41) is 3.27. The van der Waals surface area contributed by atoms with Gasteiger partial charge in [0.05, 0.1) is 0 Å². The molecule has 0 aromatic carbocycles. The van der Waals surface area contributed by atoms with E-state index in [2.05, 4.69) is 17.2 Å². The van der Waals surface area contributed by atoms with Crippen LogP contribution in [-0.4, -0.2) is 24.0 Å². The molecule has 1 heterocycles. The predicted octanol–water partition coefficient (Wildman–Crippen LogP) is 0.967. The summed E-state index contributed by atoms with van der Waals surface area (Å²) < 4.78 is 0. The molecule has 1 rings (SSSR count). The molecule has 0 aliphatic carbocycles. The van der Waals surface area contributed by atoms with Crippen LogP contribution in [0, 0.1) is 5.92 Å². The van der Waals surface area contributed by atoms with E-state index in [9.17, 15) is 4.79 Å². The fourth-order valence-corrected chi connectivity index (χ4v) is 1.62. The van der Waals surface area contributed by atoms with Crippen molar-refractivity contribution in [3.8, 4) is 0 Å². The fraction of sp³-hybridized carbons (Fsp3) is 0.500. The van der Waals surface area contributed by atoms with Gasteiger partial charge in [-0.2, -0.15) is 0 Å². The van der Waals surface area contributed by atoms with Gasteiger partial charge in [0.25, 0.3) is 5.91 Å². The van der Waals surface area contributed by atoms with Crippen molar-refractivity contribution in [2.75, 3.05) is 18.4 Å². The zero-order valence-corrected chi connectivity index (χ0v) is 10.1. The molecule has 1 unspecified atom stereocenters. The van der Waals surface area contributed by atoms with E-state index in [-0.39, 0.29) is 5.69 Å². The van der Waals surface area contributed by atoms with E-state index in [1.165, 1.54) is 0 Å². The summed E-state index contributed by atoms with van der Waals surface area (Å²) >= 11 is 0. The lowest BCUT2D eigenvalue weighted by Gasteiger charge is -2.15. The van der Waals surface area contributed by atoms with Gasteiger partial charge in [0, 0.05) is 18.4 Å². The highest BCUT2D eigenvalue weighted by atomic mass is 16.1. The average Bonchev–Trinajstić information content (AvgIpc) is 2.34. The Bertz CT molecular complexity index is 367. The Hall–Kier alpha value is -1.62. The summed E-state index contributed by atoms with van der Waals surface area (Å²) in [4.78, 5) is 14.9. The number of aromatic nitrogens is 1. The van der Waals surface area contributed by atoms with E-state index >= 15 is 0 Å². The van der Waals surface area contributed by atoms with Gasteiger partial charge in [0.2, 0.25) is 0 Å². The number of hydrogen-bond acceptors (Lipinski definition) is 4. The second-order valence-corrected chi connectivity index (χ2v) is 4.03. The first-order valence-corrected chi connectivity index (χ1v) is 5.87. The standard InChI is InChI=1S/C12H20N4O/c1-2-9(3-5-13)8-16-10-4-6-15-11(7-10)12(14)17/h4,6-7,9H,2-3,5,8,13H2,1H3,(H2,14,17)(H,15,16). The number of anilines is 1. The summed E-state index contributed by atoms with van der Waals surface area (Å²) in [6, 6.07) is 3.49. The summed E-state index contributed by atoms with van der Waals surface area (Å²) in [5.74, 6) is 0.0350. The largest absolute Gasteiger partial charge is 0.385 e. The van der Waals surface area contributed by atoms with E-state index in [0.717, 1.165) is 25.1 Å². The first kappa shape index (κ1) is 13.4. The highest BCUT2D eigenvalue weighted by molar-refractivity contribution is 5.91. The van der Waals surface area contributed by atoms with Gasteiger partial charge in [-0.3, -0.25) is 9.78 Å². The van der Waals surface area contributed by atoms with Crippen LogP contribution in [0.1, 0.15) is 30.3 Å². The van der Waals surface area contributed by atoms with Crippen molar-refractivity contribution < 1.29 is 4.79 Å². The fourth-order valence-electron chi connectivity index (χ4n) is 1.62. The van der Waals surface area contributed by atoms with Gasteiger partial charge >= 0.3 is 0 Å². The number of carbonyl (C=O) groups excluding carboxylic acids is 1. The van der Waals surface area contributed by atoms with Crippen LogP contribution >= 0.6 is 0 Å². The molecular weight excluding hydrogens is 216 g/mol. The number of nitrogens with one attached hydrogen (secondary N) is 1. The molecule has 0 aliphatic rings. The number of carbonyl (C=O) groups is 1. The number of pyridine rings is 1. The lowest BCUT2D eigenvalue weighted by atomic mass is 10.0. The van der Waals surface area contributed by atoms with Crippen molar-refractivity contribution in [3.63, 3.8) is 0 Å². The molecule has 0 aliphatic heterocycles. The molecule has 1 atom stereocenters. The molecule has 5 N–H and O–H groups in total. The van der Waals surface area contributed by atoms with Crippen LogP contribution in [0.25, 0.3) is 0 Å². The Kier molecular flexibility index (Phi) is 5.42. The van der Waals surface area contributed by atoms with Crippen LogP contribution in [0.4, 0.5) is 5.69 Å². The molecule has 0 saturated heterocycles. The first-order valence-electron chi connectivity index (χ1n) is 5.87. The molecule has 1 aromatic heterocycles. The van der Waals surface area contributed by atoms with Crippen molar-refractivity contribution in [1.82, 2.24) is 4.98 Å². The second-order valence-electron chi connectivity index (χ2n) is 4.03. The van der Waals surface area contributed by atoms with E-state index in [4.69, 9.17) is 11.5 Å². The third kappa shape index (κ3) is 4.40. The second kappa shape index (κ2) is 6.85. The maximum atomic E-state index is 11.0. The minimum Gasteiger partial charge on any atom is -0.385 e. The smallest absolute Gasteiger partial charge is 0.267 e. The Labute approximate surface area is 102 Å². The lowest BCUT2D eigenvalue weighted by Crippen LogP contribution is -2.18. The van der Waals surface area contributed by atoms with Crippen LogP contribution in [0.15, 0.2) is 18.3 Å². The van der Waals surface area contributed by atoms with Crippen molar-refractivity contribution in [3.05, 3.63) is 24.0 Å². The Morgan fingerprint density at radius 3 is 2.94 bits per heavy atom. The lowest BCUT2D eigenvalue weighted by molar-refractivity contribution is 0.0995. The predicted molar refractivity (Wildman–Crippen MR) is 68.7 cm³/mol. The van der Waals surface area contributed by atoms with E-state index in [1.807, 2.05) is 6.07 Å². The zero-order valence-electron chi connectivity index (χ0n) is 10.1. The van der Waals surface area contributed by atoms with Crippen LogP contribution in [0.3, 0.4) is 0 Å². The van der Waals surface area contributed by atoms with E-state index in [1.54, 1.807) is 12.3 Å². The maximum Gasteiger partial charge on any atom is 0.267 e. The van der Waals surface area contributed by atoms with Crippen LogP contribution < -0.4 is 16.8 Å². The summed E-state index contributed by atoms with van der Waals surface area (Å²) in [5.41, 5.74) is 11.9. The minimum absolute atomic E-state index is 0.280. The van der Waals surface area contributed by atoms with Gasteiger partial charge in [-0.05, 0) is 31.0 Å². The highest BCUT2D eigenvalue weighted by Gasteiger charge is 2.06. The highest BCUT2D eigenvalue weighted by Crippen LogP contribution is 2.12.